The number of unbranched alkanes of at least 4 members (excludes halogenated alkanes) is 7. The second-order valence-corrected chi connectivity index (χ2v) is 4.24. The monoisotopic (exact) mass is 216 g/mol. The predicted molar refractivity (Wildman–Crippen MR) is 67.1 cm³/mol. The fraction of sp³-hybridized carbons (Fsp3) is 0.846. The van der Waals surface area contributed by atoms with Crippen molar-refractivity contribution in [3.8, 4) is 0 Å². The molecule has 0 aromatic rings. The fourth-order valence-electron chi connectivity index (χ4n) is 1.52. The van der Waals surface area contributed by atoms with Crippen LogP contribution in [-0.4, -0.2) is 5.88 Å². The Hall–Kier alpha value is 0.0300. The van der Waals surface area contributed by atoms with Gasteiger partial charge in [-0.05, 0) is 19.3 Å². The summed E-state index contributed by atoms with van der Waals surface area (Å²) in [6, 6.07) is 0. The van der Waals surface area contributed by atoms with Crippen LogP contribution in [0.25, 0.3) is 0 Å². The SMILES string of the molecule is CCCCCCCCC/C=C/CCCl. The number of alkyl halides is 1. The molecule has 0 aliphatic heterocycles. The van der Waals surface area contributed by atoms with E-state index in [2.05, 4.69) is 19.1 Å². The van der Waals surface area contributed by atoms with Crippen molar-refractivity contribution in [1.82, 2.24) is 0 Å². The van der Waals surface area contributed by atoms with Gasteiger partial charge in [0.15, 0.2) is 0 Å². The van der Waals surface area contributed by atoms with E-state index < -0.39 is 0 Å². The third-order valence-corrected chi connectivity index (χ3v) is 2.64. The van der Waals surface area contributed by atoms with E-state index in [1.807, 2.05) is 0 Å². The van der Waals surface area contributed by atoms with Crippen LogP contribution in [0.3, 0.4) is 0 Å². The van der Waals surface area contributed by atoms with Crippen molar-refractivity contribution in [2.24, 2.45) is 0 Å². The maximum atomic E-state index is 5.56. The molecular formula is C13H25Cl. The van der Waals surface area contributed by atoms with Crippen LogP contribution in [0.4, 0.5) is 0 Å². The van der Waals surface area contributed by atoms with Crippen LogP contribution in [0.1, 0.15) is 64.7 Å². The molecule has 1 heteroatoms. The van der Waals surface area contributed by atoms with Crippen LogP contribution in [0, 0.1) is 0 Å². The third-order valence-electron chi connectivity index (χ3n) is 2.42. The molecular weight excluding hydrogens is 192 g/mol. The minimum atomic E-state index is 0.757. The second-order valence-electron chi connectivity index (χ2n) is 3.86. The largest absolute Gasteiger partial charge is 0.126 e. The summed E-state index contributed by atoms with van der Waals surface area (Å²) in [4.78, 5) is 0. The van der Waals surface area contributed by atoms with Gasteiger partial charge in [-0.3, -0.25) is 0 Å². The van der Waals surface area contributed by atoms with Gasteiger partial charge in [-0.25, -0.2) is 0 Å². The normalized spacial score (nSPS) is 11.3. The highest BCUT2D eigenvalue weighted by atomic mass is 35.5. The Balaban J connectivity index is 2.91. The lowest BCUT2D eigenvalue weighted by atomic mass is 10.1. The minimum Gasteiger partial charge on any atom is -0.126 e. The van der Waals surface area contributed by atoms with E-state index in [9.17, 15) is 0 Å². The molecule has 0 saturated carbocycles. The van der Waals surface area contributed by atoms with Crippen molar-refractivity contribution < 1.29 is 0 Å². The first-order chi connectivity index (χ1) is 6.91. The topological polar surface area (TPSA) is 0 Å². The van der Waals surface area contributed by atoms with Gasteiger partial charge in [0.1, 0.15) is 0 Å². The summed E-state index contributed by atoms with van der Waals surface area (Å²) >= 11 is 5.56. The van der Waals surface area contributed by atoms with Crippen LogP contribution in [-0.2, 0) is 0 Å². The lowest BCUT2D eigenvalue weighted by Crippen LogP contribution is -1.79. The quantitative estimate of drug-likeness (QED) is 0.264. The zero-order valence-electron chi connectivity index (χ0n) is 9.60. The van der Waals surface area contributed by atoms with E-state index in [1.165, 1.54) is 51.4 Å². The Kier molecular flexibility index (Phi) is 13.1. The molecule has 0 radical (unpaired) electrons. The first kappa shape index (κ1) is 14.0. The number of rotatable bonds is 10. The first-order valence-corrected chi connectivity index (χ1v) is 6.66. The summed E-state index contributed by atoms with van der Waals surface area (Å²) in [7, 11) is 0. The summed E-state index contributed by atoms with van der Waals surface area (Å²) in [5, 5.41) is 0. The molecule has 14 heavy (non-hydrogen) atoms. The van der Waals surface area contributed by atoms with Gasteiger partial charge in [0.25, 0.3) is 0 Å². The minimum absolute atomic E-state index is 0.757. The molecule has 84 valence electrons. The molecule has 0 saturated heterocycles. The van der Waals surface area contributed by atoms with Gasteiger partial charge in [0.2, 0.25) is 0 Å². The lowest BCUT2D eigenvalue weighted by Gasteiger charge is -1.98. The van der Waals surface area contributed by atoms with Crippen molar-refractivity contribution in [1.29, 1.82) is 0 Å². The molecule has 0 aliphatic rings. The van der Waals surface area contributed by atoms with Crippen LogP contribution in [0.5, 0.6) is 0 Å². The van der Waals surface area contributed by atoms with E-state index in [4.69, 9.17) is 11.6 Å². The van der Waals surface area contributed by atoms with Gasteiger partial charge >= 0.3 is 0 Å². The van der Waals surface area contributed by atoms with Crippen molar-refractivity contribution in [2.45, 2.75) is 64.7 Å². The van der Waals surface area contributed by atoms with Crippen molar-refractivity contribution >= 4 is 11.6 Å². The fourth-order valence-corrected chi connectivity index (χ4v) is 1.64. The summed E-state index contributed by atoms with van der Waals surface area (Å²) in [5.41, 5.74) is 0. The summed E-state index contributed by atoms with van der Waals surface area (Å²) < 4.78 is 0. The molecule has 0 nitrogen and oxygen atoms in total. The highest BCUT2D eigenvalue weighted by Crippen LogP contribution is 2.08. The Morgan fingerprint density at radius 1 is 0.786 bits per heavy atom. The molecule has 0 aromatic heterocycles. The second kappa shape index (κ2) is 13.0. The number of hydrogen-bond acceptors (Lipinski definition) is 0. The van der Waals surface area contributed by atoms with Crippen molar-refractivity contribution in [2.75, 3.05) is 5.88 Å². The van der Waals surface area contributed by atoms with Crippen LogP contribution in [0.2, 0.25) is 0 Å². The Bertz CT molecular complexity index is 118. The van der Waals surface area contributed by atoms with Gasteiger partial charge in [-0.2, -0.15) is 0 Å². The molecule has 0 heterocycles. The van der Waals surface area contributed by atoms with E-state index in [0.717, 1.165) is 12.3 Å². The van der Waals surface area contributed by atoms with Crippen molar-refractivity contribution in [3.63, 3.8) is 0 Å². The molecule has 0 unspecified atom stereocenters. The Morgan fingerprint density at radius 2 is 1.36 bits per heavy atom. The molecule has 0 bridgehead atoms. The van der Waals surface area contributed by atoms with Crippen molar-refractivity contribution in [3.05, 3.63) is 12.2 Å². The molecule has 0 aromatic carbocycles. The lowest BCUT2D eigenvalue weighted by molar-refractivity contribution is 0.592. The molecule has 0 N–H and O–H groups in total. The highest BCUT2D eigenvalue weighted by molar-refractivity contribution is 6.17. The van der Waals surface area contributed by atoms with Crippen LogP contribution in [0.15, 0.2) is 12.2 Å². The zero-order chi connectivity index (χ0) is 10.5. The summed E-state index contributed by atoms with van der Waals surface area (Å²) in [5.74, 6) is 0.757. The van der Waals surface area contributed by atoms with Gasteiger partial charge in [-0.15, -0.1) is 11.6 Å². The van der Waals surface area contributed by atoms with Crippen LogP contribution >= 0.6 is 11.6 Å². The average Bonchev–Trinajstić information content (AvgIpc) is 2.21. The molecule has 0 fully saturated rings. The van der Waals surface area contributed by atoms with E-state index in [0.29, 0.717) is 0 Å². The molecule has 0 atom stereocenters. The summed E-state index contributed by atoms with van der Waals surface area (Å²) in [6.45, 7) is 2.27. The molecule has 0 rings (SSSR count). The average molecular weight is 217 g/mol. The van der Waals surface area contributed by atoms with Gasteiger partial charge in [-0.1, -0.05) is 57.6 Å². The third kappa shape index (κ3) is 12.0. The van der Waals surface area contributed by atoms with Crippen LogP contribution < -0.4 is 0 Å². The first-order valence-electron chi connectivity index (χ1n) is 6.12. The smallest absolute Gasteiger partial charge is 0.0257 e. The standard InChI is InChI=1S/C13H25Cl/c1-2-3-4-5-6-7-8-9-10-11-12-13-14/h10-11H,2-9,12-13H2,1H3/b11-10+. The van der Waals surface area contributed by atoms with E-state index in [1.54, 1.807) is 0 Å². The highest BCUT2D eigenvalue weighted by Gasteiger charge is 1.88. The van der Waals surface area contributed by atoms with Gasteiger partial charge in [0.05, 0.1) is 0 Å². The predicted octanol–water partition coefficient (Wildman–Crippen LogP) is 5.31. The molecule has 0 amide bonds. The van der Waals surface area contributed by atoms with Gasteiger partial charge < -0.3 is 0 Å². The molecule has 0 aliphatic carbocycles. The Labute approximate surface area is 94.7 Å². The van der Waals surface area contributed by atoms with E-state index >= 15 is 0 Å². The molecule has 0 spiro atoms. The number of hydrogen-bond donors (Lipinski definition) is 0. The van der Waals surface area contributed by atoms with Gasteiger partial charge in [0, 0.05) is 5.88 Å². The van der Waals surface area contributed by atoms with E-state index in [-0.39, 0.29) is 0 Å². The maximum Gasteiger partial charge on any atom is 0.0257 e. The summed E-state index contributed by atoms with van der Waals surface area (Å²) in [6.07, 6.45) is 16.5. The number of halogens is 1. The maximum absolute atomic E-state index is 5.56. The Morgan fingerprint density at radius 3 is 2.00 bits per heavy atom. The number of allylic oxidation sites excluding steroid dienone is 2. The zero-order valence-corrected chi connectivity index (χ0v) is 10.4.